The highest BCUT2D eigenvalue weighted by Gasteiger charge is 2.38. The fraction of sp³-hybridized carbons (Fsp3) is 0.360. The van der Waals surface area contributed by atoms with E-state index in [1.165, 1.54) is 10.4 Å². The molecule has 0 bridgehead atoms. The summed E-state index contributed by atoms with van der Waals surface area (Å²) < 4.78 is 28.4. The Morgan fingerprint density at radius 3 is 2.68 bits per heavy atom. The monoisotopic (exact) mass is 481 g/mol. The molecule has 2 amide bonds. The van der Waals surface area contributed by atoms with Crippen LogP contribution in [0.1, 0.15) is 41.8 Å². The lowest BCUT2D eigenvalue weighted by molar-refractivity contribution is 0.245. The van der Waals surface area contributed by atoms with Gasteiger partial charge in [-0.1, -0.05) is 62.4 Å². The van der Waals surface area contributed by atoms with E-state index in [9.17, 15) is 13.2 Å². The molecule has 0 saturated carbocycles. The number of nitrogens with zero attached hydrogens (tertiary/aromatic N) is 3. The summed E-state index contributed by atoms with van der Waals surface area (Å²) >= 11 is 0. The fourth-order valence-corrected chi connectivity index (χ4v) is 6.03. The van der Waals surface area contributed by atoms with E-state index < -0.39 is 15.3 Å². The molecular weight excluding hydrogens is 450 g/mol. The van der Waals surface area contributed by atoms with Crippen molar-refractivity contribution in [3.05, 3.63) is 77.9 Å². The Morgan fingerprint density at radius 1 is 1.26 bits per heavy atom. The number of amides is 2. The predicted molar refractivity (Wildman–Crippen MR) is 135 cm³/mol. The molecule has 0 saturated heterocycles. The highest BCUT2D eigenvalue weighted by molar-refractivity contribution is 7.90. The standard InChI is InChI=1S/C25H31N5O3S/c1-4-23(34(32,33)30-16-21(28-24(30)26)18-8-6-5-7-9-18)20-10-11-22-19(14-20)12-13-29(22)25(31)27-15-17(2)3/h4-11,14,17,21,23H,1,12-13,15-16H2,2-3H3,(H2,26,28)(H,27,31). The van der Waals surface area contributed by atoms with Gasteiger partial charge in [-0.05, 0) is 35.1 Å². The average molecular weight is 482 g/mol. The molecule has 2 aliphatic heterocycles. The summed E-state index contributed by atoms with van der Waals surface area (Å²) in [6.07, 6.45) is 2.08. The van der Waals surface area contributed by atoms with Crippen LogP contribution in [0.5, 0.6) is 0 Å². The molecule has 3 N–H and O–H groups in total. The quantitative estimate of drug-likeness (QED) is 0.591. The largest absolute Gasteiger partial charge is 0.369 e. The maximum atomic E-state index is 13.6. The Balaban J connectivity index is 1.55. The lowest BCUT2D eigenvalue weighted by Crippen LogP contribution is -2.41. The van der Waals surface area contributed by atoms with E-state index in [1.807, 2.05) is 56.3 Å². The second kappa shape index (κ2) is 9.50. The Morgan fingerprint density at radius 2 is 2.00 bits per heavy atom. The van der Waals surface area contributed by atoms with Crippen molar-refractivity contribution in [3.63, 3.8) is 0 Å². The number of sulfonamides is 1. The molecule has 2 aromatic rings. The number of nitrogens with one attached hydrogen (secondary N) is 1. The van der Waals surface area contributed by atoms with E-state index >= 15 is 0 Å². The number of rotatable bonds is 7. The molecule has 0 radical (unpaired) electrons. The lowest BCUT2D eigenvalue weighted by Gasteiger charge is -2.25. The number of urea groups is 1. The number of benzene rings is 2. The smallest absolute Gasteiger partial charge is 0.321 e. The molecule has 0 spiro atoms. The van der Waals surface area contributed by atoms with Crippen LogP contribution in [0.2, 0.25) is 0 Å². The number of carbonyl (C=O) groups excluding carboxylic acids is 1. The molecule has 9 heteroatoms. The minimum absolute atomic E-state index is 0.0186. The minimum atomic E-state index is -3.89. The van der Waals surface area contributed by atoms with Crippen LogP contribution < -0.4 is 16.0 Å². The van der Waals surface area contributed by atoms with Gasteiger partial charge in [0, 0.05) is 18.8 Å². The lowest BCUT2D eigenvalue weighted by atomic mass is 10.1. The van der Waals surface area contributed by atoms with Gasteiger partial charge >= 0.3 is 6.03 Å². The number of anilines is 1. The first kappa shape index (κ1) is 23.8. The molecule has 2 unspecified atom stereocenters. The molecule has 4 rings (SSSR count). The van der Waals surface area contributed by atoms with Crippen LogP contribution >= 0.6 is 0 Å². The Labute approximate surface area is 201 Å². The summed E-state index contributed by atoms with van der Waals surface area (Å²) in [5.74, 6) is 0.338. The third-order valence-corrected chi connectivity index (χ3v) is 8.20. The Hall–Kier alpha value is -3.33. The van der Waals surface area contributed by atoms with Gasteiger partial charge in [0.2, 0.25) is 16.0 Å². The van der Waals surface area contributed by atoms with Gasteiger partial charge in [0.05, 0.1) is 12.6 Å². The molecule has 2 aromatic carbocycles. The van der Waals surface area contributed by atoms with Crippen molar-refractivity contribution in [2.75, 3.05) is 24.5 Å². The van der Waals surface area contributed by atoms with Crippen LogP contribution in [-0.4, -0.2) is 44.3 Å². The van der Waals surface area contributed by atoms with Crippen LogP contribution in [0.3, 0.4) is 0 Å². The van der Waals surface area contributed by atoms with E-state index in [-0.39, 0.29) is 24.6 Å². The van der Waals surface area contributed by atoms with Crippen molar-refractivity contribution in [2.24, 2.45) is 16.6 Å². The first-order chi connectivity index (χ1) is 16.2. The summed E-state index contributed by atoms with van der Waals surface area (Å²) in [6.45, 7) is 9.18. The number of carbonyl (C=O) groups is 1. The average Bonchev–Trinajstić information content (AvgIpc) is 3.42. The number of guanidine groups is 1. The summed E-state index contributed by atoms with van der Waals surface area (Å²) in [5, 5.41) is 1.96. The normalized spacial score (nSPS) is 18.6. The van der Waals surface area contributed by atoms with Gasteiger partial charge in [0.1, 0.15) is 5.25 Å². The van der Waals surface area contributed by atoms with Crippen molar-refractivity contribution in [1.29, 1.82) is 0 Å². The number of fused-ring (bicyclic) bond motifs is 1. The molecule has 0 aliphatic carbocycles. The van der Waals surface area contributed by atoms with Gasteiger partial charge in [-0.2, -0.15) is 0 Å². The topological polar surface area (TPSA) is 108 Å². The molecule has 0 aromatic heterocycles. The molecule has 2 aliphatic rings. The first-order valence-corrected chi connectivity index (χ1v) is 12.9. The molecular formula is C25H31N5O3S. The van der Waals surface area contributed by atoms with Gasteiger partial charge in [0.25, 0.3) is 0 Å². The van der Waals surface area contributed by atoms with Gasteiger partial charge in [0.15, 0.2) is 0 Å². The first-order valence-electron chi connectivity index (χ1n) is 11.4. The summed E-state index contributed by atoms with van der Waals surface area (Å²) in [4.78, 5) is 18.7. The molecule has 2 heterocycles. The highest BCUT2D eigenvalue weighted by atomic mass is 32.2. The number of nitrogens with two attached hydrogens (primary N) is 1. The second-order valence-electron chi connectivity index (χ2n) is 9.02. The number of hydrogen-bond acceptors (Lipinski definition) is 5. The summed E-state index contributed by atoms with van der Waals surface area (Å²) in [7, 11) is -3.89. The fourth-order valence-electron chi connectivity index (χ4n) is 4.37. The zero-order valence-corrected chi connectivity index (χ0v) is 20.3. The third kappa shape index (κ3) is 4.52. The summed E-state index contributed by atoms with van der Waals surface area (Å²) in [6, 6.07) is 14.4. The van der Waals surface area contributed by atoms with Crippen molar-refractivity contribution in [2.45, 2.75) is 31.6 Å². The highest BCUT2D eigenvalue weighted by Crippen LogP contribution is 2.36. The molecule has 0 fully saturated rings. The molecule has 180 valence electrons. The van der Waals surface area contributed by atoms with E-state index in [4.69, 9.17) is 5.73 Å². The maximum absolute atomic E-state index is 13.6. The van der Waals surface area contributed by atoms with Gasteiger partial charge in [-0.15, -0.1) is 6.58 Å². The van der Waals surface area contributed by atoms with Crippen LogP contribution in [0.15, 0.2) is 66.2 Å². The molecule has 8 nitrogen and oxygen atoms in total. The van der Waals surface area contributed by atoms with Crippen molar-refractivity contribution in [1.82, 2.24) is 9.62 Å². The van der Waals surface area contributed by atoms with Gasteiger partial charge in [-0.25, -0.2) is 22.5 Å². The number of aliphatic imine (C=N–C) groups is 1. The maximum Gasteiger partial charge on any atom is 0.321 e. The van der Waals surface area contributed by atoms with Gasteiger partial charge in [-0.3, -0.25) is 4.90 Å². The Bertz CT molecular complexity index is 1210. The zero-order chi connectivity index (χ0) is 24.5. The molecule has 34 heavy (non-hydrogen) atoms. The van der Waals surface area contributed by atoms with Crippen molar-refractivity contribution < 1.29 is 13.2 Å². The zero-order valence-electron chi connectivity index (χ0n) is 19.5. The third-order valence-electron chi connectivity index (χ3n) is 6.14. The summed E-state index contributed by atoms with van der Waals surface area (Å²) in [5.41, 5.74) is 9.30. The second-order valence-corrected chi connectivity index (χ2v) is 11.0. The van der Waals surface area contributed by atoms with Crippen LogP contribution in [0, 0.1) is 5.92 Å². The van der Waals surface area contributed by atoms with Gasteiger partial charge < -0.3 is 11.1 Å². The minimum Gasteiger partial charge on any atom is -0.369 e. The van der Waals surface area contributed by atoms with Crippen molar-refractivity contribution >= 4 is 27.7 Å². The van der Waals surface area contributed by atoms with Crippen LogP contribution in [0.4, 0.5) is 10.5 Å². The predicted octanol–water partition coefficient (Wildman–Crippen LogP) is 3.34. The van der Waals surface area contributed by atoms with Crippen molar-refractivity contribution in [3.8, 4) is 0 Å². The molecule has 2 atom stereocenters. The number of hydrogen-bond donors (Lipinski definition) is 2. The van der Waals surface area contributed by atoms with E-state index in [0.29, 0.717) is 31.0 Å². The van der Waals surface area contributed by atoms with E-state index in [1.54, 1.807) is 11.0 Å². The Kier molecular flexibility index (Phi) is 6.65. The van der Waals surface area contributed by atoms with E-state index in [2.05, 4.69) is 16.9 Å². The van der Waals surface area contributed by atoms with Crippen LogP contribution in [0.25, 0.3) is 0 Å². The van der Waals surface area contributed by atoms with Crippen LogP contribution in [-0.2, 0) is 16.4 Å². The van der Waals surface area contributed by atoms with E-state index in [0.717, 1.165) is 16.8 Å². The SMILES string of the molecule is C=CC(c1ccc2c(c1)CCN2C(=O)NCC(C)C)S(=O)(=O)N1CC(c2ccccc2)N=C1N.